The summed E-state index contributed by atoms with van der Waals surface area (Å²) in [5.74, 6) is 0. The van der Waals surface area contributed by atoms with E-state index in [2.05, 4.69) is 31.1 Å². The molecule has 0 aliphatic heterocycles. The normalized spacial score (nSPS) is 15.6. The average Bonchev–Trinajstić information content (AvgIpc) is 3.11. The highest BCUT2D eigenvalue weighted by molar-refractivity contribution is 7.12. The highest BCUT2D eigenvalue weighted by Gasteiger charge is 2.20. The maximum Gasteiger partial charge on any atom is 0.0937 e. The number of hydrogen-bond acceptors (Lipinski definition) is 3. The Bertz CT molecular complexity index is 578. The van der Waals surface area contributed by atoms with Gasteiger partial charge in [0.1, 0.15) is 0 Å². The number of fused-ring (bicyclic) bond motifs is 1. The van der Waals surface area contributed by atoms with Gasteiger partial charge < -0.3 is 5.11 Å². The third-order valence-electron chi connectivity index (χ3n) is 4.07. The number of nitrogens with zero attached hydrogens (tertiary/aromatic N) is 2. The van der Waals surface area contributed by atoms with Crippen molar-refractivity contribution in [1.29, 1.82) is 0 Å². The van der Waals surface area contributed by atoms with Crippen molar-refractivity contribution in [2.75, 3.05) is 0 Å². The maximum atomic E-state index is 10.5. The summed E-state index contributed by atoms with van der Waals surface area (Å²) in [5, 5.41) is 15.1. The molecular formula is C16H22N2OS. The molecule has 3 nitrogen and oxygen atoms in total. The van der Waals surface area contributed by atoms with Crippen LogP contribution in [0.3, 0.4) is 0 Å². The van der Waals surface area contributed by atoms with Gasteiger partial charge in [-0.1, -0.05) is 6.92 Å². The van der Waals surface area contributed by atoms with Gasteiger partial charge in [-0.2, -0.15) is 5.10 Å². The maximum absolute atomic E-state index is 10.5. The van der Waals surface area contributed by atoms with Crippen LogP contribution in [0.1, 0.15) is 53.1 Å². The van der Waals surface area contributed by atoms with Crippen LogP contribution in [0.25, 0.3) is 0 Å². The molecule has 0 radical (unpaired) electrons. The first kappa shape index (κ1) is 13.8. The Morgan fingerprint density at radius 1 is 1.35 bits per heavy atom. The summed E-state index contributed by atoms with van der Waals surface area (Å²) in [7, 11) is 0. The topological polar surface area (TPSA) is 38.0 Å². The van der Waals surface area contributed by atoms with Gasteiger partial charge in [0.15, 0.2) is 0 Å². The van der Waals surface area contributed by atoms with Crippen molar-refractivity contribution in [2.45, 2.75) is 58.6 Å². The predicted molar refractivity (Wildman–Crippen MR) is 82.3 cm³/mol. The van der Waals surface area contributed by atoms with Gasteiger partial charge in [-0.3, -0.25) is 4.68 Å². The summed E-state index contributed by atoms with van der Waals surface area (Å²) >= 11 is 1.80. The number of aryl methyl sites for hydroxylation is 4. The second-order valence-corrected chi connectivity index (χ2v) is 6.64. The van der Waals surface area contributed by atoms with Crippen LogP contribution in [-0.4, -0.2) is 14.9 Å². The lowest BCUT2D eigenvalue weighted by molar-refractivity contribution is 0.179. The van der Waals surface area contributed by atoms with E-state index < -0.39 is 6.10 Å². The van der Waals surface area contributed by atoms with E-state index in [0.717, 1.165) is 29.2 Å². The van der Waals surface area contributed by atoms with E-state index in [1.54, 1.807) is 11.3 Å². The van der Waals surface area contributed by atoms with E-state index in [1.165, 1.54) is 29.7 Å². The molecule has 1 N–H and O–H groups in total. The van der Waals surface area contributed by atoms with Crippen molar-refractivity contribution in [1.82, 2.24) is 9.78 Å². The van der Waals surface area contributed by atoms with Gasteiger partial charge >= 0.3 is 0 Å². The number of aromatic nitrogens is 2. The Morgan fingerprint density at radius 2 is 2.20 bits per heavy atom. The molecule has 1 unspecified atom stereocenters. The summed E-state index contributed by atoms with van der Waals surface area (Å²) < 4.78 is 2.02. The zero-order chi connectivity index (χ0) is 14.1. The molecule has 0 spiro atoms. The fourth-order valence-corrected chi connectivity index (χ4v) is 4.18. The number of hydrogen-bond donors (Lipinski definition) is 1. The van der Waals surface area contributed by atoms with Gasteiger partial charge in [-0.15, -0.1) is 11.3 Å². The molecule has 1 aliphatic rings. The number of aliphatic hydroxyl groups excluding tert-OH is 1. The zero-order valence-corrected chi connectivity index (χ0v) is 13.0. The summed E-state index contributed by atoms with van der Waals surface area (Å²) in [5.41, 5.74) is 3.72. The van der Waals surface area contributed by atoms with E-state index in [1.807, 2.05) is 4.68 Å². The van der Waals surface area contributed by atoms with Gasteiger partial charge in [0.25, 0.3) is 0 Å². The molecule has 4 heteroatoms. The zero-order valence-electron chi connectivity index (χ0n) is 12.2. The molecule has 0 fully saturated rings. The summed E-state index contributed by atoms with van der Waals surface area (Å²) in [6, 6.07) is 4.35. The molecule has 2 heterocycles. The van der Waals surface area contributed by atoms with Crippen molar-refractivity contribution >= 4 is 11.3 Å². The monoisotopic (exact) mass is 290 g/mol. The summed E-state index contributed by atoms with van der Waals surface area (Å²) in [4.78, 5) is 2.61. The van der Waals surface area contributed by atoms with E-state index in [-0.39, 0.29) is 0 Å². The van der Waals surface area contributed by atoms with Crippen LogP contribution in [-0.2, 0) is 32.2 Å². The summed E-state index contributed by atoms with van der Waals surface area (Å²) in [6.07, 6.45) is 4.88. The molecule has 1 aliphatic carbocycles. The molecule has 0 amide bonds. The number of aliphatic hydroxyl groups is 1. The molecule has 2 aromatic rings. The Balaban J connectivity index is 1.77. The molecule has 1 atom stereocenters. The van der Waals surface area contributed by atoms with Gasteiger partial charge in [0.2, 0.25) is 0 Å². The van der Waals surface area contributed by atoms with Gasteiger partial charge in [0.05, 0.1) is 11.8 Å². The van der Waals surface area contributed by atoms with E-state index in [9.17, 15) is 5.11 Å². The number of thiophene rings is 1. The highest BCUT2D eigenvalue weighted by Crippen LogP contribution is 2.34. The molecule has 3 rings (SSSR count). The highest BCUT2D eigenvalue weighted by atomic mass is 32.1. The van der Waals surface area contributed by atoms with Crippen molar-refractivity contribution in [3.05, 3.63) is 38.8 Å². The van der Waals surface area contributed by atoms with Gasteiger partial charge in [-0.25, -0.2) is 0 Å². The molecule has 2 aromatic heterocycles. The van der Waals surface area contributed by atoms with Crippen molar-refractivity contribution in [3.63, 3.8) is 0 Å². The summed E-state index contributed by atoms with van der Waals surface area (Å²) in [6.45, 7) is 5.08. The molecular weight excluding hydrogens is 268 g/mol. The van der Waals surface area contributed by atoms with E-state index in [4.69, 9.17) is 0 Å². The minimum Gasteiger partial charge on any atom is -0.387 e. The van der Waals surface area contributed by atoms with Crippen LogP contribution in [0.5, 0.6) is 0 Å². The molecule has 20 heavy (non-hydrogen) atoms. The first-order chi connectivity index (χ1) is 9.71. The molecule has 0 aromatic carbocycles. The minimum atomic E-state index is -0.391. The number of rotatable bonds is 5. The Labute approximate surface area is 124 Å². The lowest BCUT2D eigenvalue weighted by atomic mass is 10.1. The smallest absolute Gasteiger partial charge is 0.0937 e. The Hall–Kier alpha value is -1.13. The van der Waals surface area contributed by atoms with E-state index in [0.29, 0.717) is 6.42 Å². The fraction of sp³-hybridized carbons (Fsp3) is 0.562. The first-order valence-corrected chi connectivity index (χ1v) is 8.38. The van der Waals surface area contributed by atoms with Crippen molar-refractivity contribution in [3.8, 4) is 0 Å². The quantitative estimate of drug-likeness (QED) is 0.917. The molecule has 0 saturated carbocycles. The SMILES string of the molecule is CCc1cc(CC(O)c2cc3c(s2)CCC3)n(CC)n1. The van der Waals surface area contributed by atoms with Gasteiger partial charge in [-0.05, 0) is 50.3 Å². The minimum absolute atomic E-state index is 0.391. The first-order valence-electron chi connectivity index (χ1n) is 7.56. The van der Waals surface area contributed by atoms with Crippen LogP contribution < -0.4 is 0 Å². The fourth-order valence-electron chi connectivity index (χ4n) is 2.94. The third-order valence-corrected chi connectivity index (χ3v) is 5.41. The van der Waals surface area contributed by atoms with Crippen LogP contribution >= 0.6 is 11.3 Å². The third kappa shape index (κ3) is 2.54. The van der Waals surface area contributed by atoms with E-state index >= 15 is 0 Å². The molecule has 0 bridgehead atoms. The average molecular weight is 290 g/mol. The second-order valence-electron chi connectivity index (χ2n) is 5.47. The standard InChI is InChI=1S/C16H22N2OS/c1-3-12-9-13(18(4-2)17-12)10-14(19)16-8-11-6-5-7-15(11)20-16/h8-9,14,19H,3-7,10H2,1-2H3. The van der Waals surface area contributed by atoms with Crippen LogP contribution in [0.4, 0.5) is 0 Å². The second kappa shape index (κ2) is 5.70. The van der Waals surface area contributed by atoms with Gasteiger partial charge in [0, 0.05) is 28.4 Å². The van der Waals surface area contributed by atoms with Crippen LogP contribution in [0.15, 0.2) is 12.1 Å². The lowest BCUT2D eigenvalue weighted by Gasteiger charge is -2.10. The Kier molecular flexibility index (Phi) is 3.94. The van der Waals surface area contributed by atoms with Crippen molar-refractivity contribution < 1.29 is 5.11 Å². The lowest BCUT2D eigenvalue weighted by Crippen LogP contribution is -2.07. The van der Waals surface area contributed by atoms with Crippen molar-refractivity contribution in [2.24, 2.45) is 0 Å². The Morgan fingerprint density at radius 3 is 2.90 bits per heavy atom. The van der Waals surface area contributed by atoms with Crippen LogP contribution in [0.2, 0.25) is 0 Å². The molecule has 0 saturated heterocycles. The van der Waals surface area contributed by atoms with Crippen LogP contribution in [0, 0.1) is 0 Å². The predicted octanol–water partition coefficient (Wildman–Crippen LogP) is 3.29. The largest absolute Gasteiger partial charge is 0.387 e. The molecule has 108 valence electrons.